The van der Waals surface area contributed by atoms with E-state index < -0.39 is 20.9 Å². The van der Waals surface area contributed by atoms with Gasteiger partial charge in [0.2, 0.25) is 5.91 Å². The van der Waals surface area contributed by atoms with Crippen molar-refractivity contribution in [1.29, 1.82) is 0 Å². The largest absolute Gasteiger partial charge is 0.352 e. The highest BCUT2D eigenvalue weighted by atomic mass is 32.2. The first-order chi connectivity index (χ1) is 9.89. The van der Waals surface area contributed by atoms with Crippen LogP contribution in [0.2, 0.25) is 0 Å². The lowest BCUT2D eigenvalue weighted by Crippen LogP contribution is -2.46. The molecule has 2 fully saturated rings. The van der Waals surface area contributed by atoms with Crippen molar-refractivity contribution in [3.05, 3.63) is 15.4 Å². The van der Waals surface area contributed by atoms with Gasteiger partial charge in [-0.3, -0.25) is 9.59 Å². The molecule has 3 rings (SSSR count). The van der Waals surface area contributed by atoms with E-state index in [0.717, 1.165) is 12.8 Å². The molecule has 0 radical (unpaired) electrons. The fourth-order valence-corrected chi connectivity index (χ4v) is 5.63. The quantitative estimate of drug-likeness (QED) is 0.822. The number of hydrogen-bond donors (Lipinski definition) is 2. The molecule has 2 aliphatic rings. The van der Waals surface area contributed by atoms with Crippen LogP contribution >= 0.6 is 11.3 Å². The fraction of sp³-hybridized carbons (Fsp3) is 0.667. The van der Waals surface area contributed by atoms with Crippen LogP contribution in [0.1, 0.15) is 31.4 Å². The highest BCUT2D eigenvalue weighted by Crippen LogP contribution is 2.29. The lowest BCUT2D eigenvalue weighted by molar-refractivity contribution is -0.124. The number of sulfonamides is 1. The van der Waals surface area contributed by atoms with E-state index in [1.54, 1.807) is 6.92 Å². The van der Waals surface area contributed by atoms with Crippen molar-refractivity contribution >= 4 is 27.3 Å². The molecule has 2 heterocycles. The van der Waals surface area contributed by atoms with Crippen LogP contribution in [0.4, 0.5) is 0 Å². The smallest absolute Gasteiger partial charge is 0.305 e. The number of thiazole rings is 1. The van der Waals surface area contributed by atoms with Gasteiger partial charge in [0.15, 0.2) is 4.21 Å². The normalized spacial score (nSPS) is 23.4. The van der Waals surface area contributed by atoms with Gasteiger partial charge in [0.1, 0.15) is 6.04 Å². The number of hydrogen-bond acceptors (Lipinski definition) is 5. The topological polar surface area (TPSA) is 99.3 Å². The maximum absolute atomic E-state index is 12.7. The molecule has 21 heavy (non-hydrogen) atoms. The van der Waals surface area contributed by atoms with Gasteiger partial charge < -0.3 is 10.3 Å². The van der Waals surface area contributed by atoms with Crippen LogP contribution in [-0.2, 0) is 14.8 Å². The first kappa shape index (κ1) is 14.7. The van der Waals surface area contributed by atoms with Crippen molar-refractivity contribution in [2.24, 2.45) is 0 Å². The van der Waals surface area contributed by atoms with E-state index in [-0.39, 0.29) is 16.2 Å². The molecule has 7 nitrogen and oxygen atoms in total. The summed E-state index contributed by atoms with van der Waals surface area (Å²) in [7, 11) is -3.80. The molecule has 1 saturated carbocycles. The molecule has 1 amide bonds. The number of rotatable bonds is 4. The highest BCUT2D eigenvalue weighted by molar-refractivity contribution is 7.91. The Morgan fingerprint density at radius 2 is 2.10 bits per heavy atom. The Balaban J connectivity index is 1.88. The standard InChI is InChI=1S/C12H17N3O4S2/c1-7-11(20-12(17)13-7)21(18,19)15-6-2-3-9(15)10(16)14-8-4-5-8/h8-9H,2-6H2,1H3,(H,13,17)(H,14,16)/t9-/m1/s1. The monoisotopic (exact) mass is 331 g/mol. The van der Waals surface area contributed by atoms with E-state index in [0.29, 0.717) is 36.4 Å². The third kappa shape index (κ3) is 2.77. The molecule has 1 aromatic heterocycles. The summed E-state index contributed by atoms with van der Waals surface area (Å²) in [4.78, 5) is 25.6. The summed E-state index contributed by atoms with van der Waals surface area (Å²) in [5, 5.41) is 2.86. The van der Waals surface area contributed by atoms with Crippen molar-refractivity contribution in [3.63, 3.8) is 0 Å². The first-order valence-corrected chi connectivity index (χ1v) is 9.17. The zero-order valence-corrected chi connectivity index (χ0v) is 13.2. The van der Waals surface area contributed by atoms with Gasteiger partial charge in [0.05, 0.1) is 0 Å². The Bertz CT molecular complexity index is 717. The Hall–Kier alpha value is -1.19. The summed E-state index contributed by atoms with van der Waals surface area (Å²) < 4.78 is 26.6. The van der Waals surface area contributed by atoms with Crippen molar-refractivity contribution in [3.8, 4) is 0 Å². The van der Waals surface area contributed by atoms with Crippen LogP contribution in [0.3, 0.4) is 0 Å². The Morgan fingerprint density at radius 1 is 1.38 bits per heavy atom. The molecule has 0 spiro atoms. The predicted molar refractivity (Wildman–Crippen MR) is 77.8 cm³/mol. The summed E-state index contributed by atoms with van der Waals surface area (Å²) >= 11 is 0.676. The highest BCUT2D eigenvalue weighted by Gasteiger charge is 2.42. The minimum atomic E-state index is -3.80. The lowest BCUT2D eigenvalue weighted by Gasteiger charge is -2.22. The van der Waals surface area contributed by atoms with Gasteiger partial charge in [-0.1, -0.05) is 11.3 Å². The first-order valence-electron chi connectivity index (χ1n) is 6.91. The van der Waals surface area contributed by atoms with Crippen molar-refractivity contribution in [2.75, 3.05) is 6.54 Å². The number of aryl methyl sites for hydroxylation is 1. The van der Waals surface area contributed by atoms with Gasteiger partial charge in [-0.15, -0.1) is 0 Å². The van der Waals surface area contributed by atoms with E-state index in [1.165, 1.54) is 4.31 Å². The molecular weight excluding hydrogens is 314 g/mol. The molecule has 1 saturated heterocycles. The zero-order valence-electron chi connectivity index (χ0n) is 11.6. The number of H-pyrrole nitrogens is 1. The average molecular weight is 331 g/mol. The molecule has 2 N–H and O–H groups in total. The number of nitrogens with zero attached hydrogens (tertiary/aromatic N) is 1. The average Bonchev–Trinajstić information content (AvgIpc) is 2.95. The van der Waals surface area contributed by atoms with E-state index >= 15 is 0 Å². The summed E-state index contributed by atoms with van der Waals surface area (Å²) in [5.41, 5.74) is 0.332. The third-order valence-electron chi connectivity index (χ3n) is 3.75. The van der Waals surface area contributed by atoms with E-state index in [4.69, 9.17) is 0 Å². The van der Waals surface area contributed by atoms with Gasteiger partial charge in [-0.2, -0.15) is 4.31 Å². The Morgan fingerprint density at radius 3 is 2.67 bits per heavy atom. The van der Waals surface area contributed by atoms with Crippen LogP contribution in [0, 0.1) is 6.92 Å². The number of carbonyl (C=O) groups excluding carboxylic acids is 1. The molecule has 9 heteroatoms. The molecule has 1 aliphatic heterocycles. The summed E-state index contributed by atoms with van der Waals surface area (Å²) in [6.07, 6.45) is 3.10. The molecule has 0 bridgehead atoms. The summed E-state index contributed by atoms with van der Waals surface area (Å²) in [6, 6.07) is -0.458. The number of aromatic amines is 1. The van der Waals surface area contributed by atoms with E-state index in [1.807, 2.05) is 0 Å². The molecule has 1 aromatic rings. The number of nitrogens with one attached hydrogen (secondary N) is 2. The minimum absolute atomic E-state index is 0.0126. The molecule has 1 atom stereocenters. The fourth-order valence-electron chi connectivity index (χ4n) is 2.56. The van der Waals surface area contributed by atoms with Gasteiger partial charge in [0, 0.05) is 18.3 Å². The molecule has 1 aliphatic carbocycles. The van der Waals surface area contributed by atoms with E-state index in [2.05, 4.69) is 10.3 Å². The molecule has 0 unspecified atom stereocenters. The van der Waals surface area contributed by atoms with Crippen LogP contribution in [0.15, 0.2) is 9.00 Å². The van der Waals surface area contributed by atoms with Crippen LogP contribution in [0.5, 0.6) is 0 Å². The van der Waals surface area contributed by atoms with Crippen LogP contribution in [-0.4, -0.2) is 42.2 Å². The van der Waals surface area contributed by atoms with Crippen molar-refractivity contribution in [2.45, 2.75) is 48.9 Å². The van der Waals surface area contributed by atoms with Gasteiger partial charge in [-0.25, -0.2) is 8.42 Å². The van der Waals surface area contributed by atoms with E-state index in [9.17, 15) is 18.0 Å². The second-order valence-electron chi connectivity index (χ2n) is 5.48. The predicted octanol–water partition coefficient (Wildman–Crippen LogP) is 0.177. The second kappa shape index (κ2) is 5.22. The number of carbonyl (C=O) groups is 1. The van der Waals surface area contributed by atoms with Gasteiger partial charge in [0.25, 0.3) is 10.0 Å². The summed E-state index contributed by atoms with van der Waals surface area (Å²) in [6.45, 7) is 1.87. The Kier molecular flexibility index (Phi) is 3.66. The van der Waals surface area contributed by atoms with Gasteiger partial charge in [-0.05, 0) is 32.6 Å². The number of amides is 1. The van der Waals surface area contributed by atoms with Crippen LogP contribution in [0.25, 0.3) is 0 Å². The number of aromatic nitrogens is 1. The maximum atomic E-state index is 12.7. The van der Waals surface area contributed by atoms with Crippen LogP contribution < -0.4 is 10.2 Å². The SMILES string of the molecule is Cc1[nH]c(=O)sc1S(=O)(=O)N1CCC[C@@H]1C(=O)NC1CC1. The maximum Gasteiger partial charge on any atom is 0.305 e. The summed E-state index contributed by atoms with van der Waals surface area (Å²) in [5.74, 6) is -0.223. The minimum Gasteiger partial charge on any atom is -0.352 e. The Labute approximate surface area is 126 Å². The zero-order chi connectivity index (χ0) is 15.2. The second-order valence-corrected chi connectivity index (χ2v) is 8.55. The molecule has 0 aromatic carbocycles. The van der Waals surface area contributed by atoms with Gasteiger partial charge >= 0.3 is 4.87 Å². The third-order valence-corrected chi connectivity index (χ3v) is 7.24. The molecular formula is C12H17N3O4S2. The van der Waals surface area contributed by atoms with Crippen molar-refractivity contribution < 1.29 is 13.2 Å². The molecule has 116 valence electrons. The van der Waals surface area contributed by atoms with Crippen molar-refractivity contribution in [1.82, 2.24) is 14.6 Å². The lowest BCUT2D eigenvalue weighted by atomic mass is 10.2.